The topological polar surface area (TPSA) is 38.3 Å². The zero-order chi connectivity index (χ0) is 21.9. The average Bonchev–Trinajstić information content (AvgIpc) is 2.75. The van der Waals surface area contributed by atoms with Crippen LogP contribution in [0.2, 0.25) is 0 Å². The molecule has 2 aromatic rings. The molecule has 0 radical (unpaired) electrons. The maximum atomic E-state index is 11.6. The number of nitrogens with one attached hydrogen (secondary N) is 1. The summed E-state index contributed by atoms with van der Waals surface area (Å²) in [5, 5.41) is 3.57. The summed E-state index contributed by atoms with van der Waals surface area (Å²) in [6.45, 7) is 8.38. The van der Waals surface area contributed by atoms with Crippen LogP contribution in [-0.4, -0.2) is 13.1 Å². The third-order valence-corrected chi connectivity index (χ3v) is 4.90. The summed E-state index contributed by atoms with van der Waals surface area (Å²) in [6, 6.07) is 14.3. The molecule has 2 aromatic carbocycles. The highest BCUT2D eigenvalue weighted by molar-refractivity contribution is 5.89. The number of rotatable bonds is 9. The van der Waals surface area contributed by atoms with E-state index in [0.29, 0.717) is 5.56 Å². The van der Waals surface area contributed by atoms with Gasteiger partial charge in [0.1, 0.15) is 0 Å². The lowest BCUT2D eigenvalue weighted by Gasteiger charge is -2.17. The lowest BCUT2D eigenvalue weighted by atomic mass is 9.94. The van der Waals surface area contributed by atoms with Crippen LogP contribution in [0.25, 0.3) is 5.57 Å². The summed E-state index contributed by atoms with van der Waals surface area (Å²) in [5.41, 5.74) is 7.82. The number of anilines is 1. The Morgan fingerprint density at radius 3 is 2.50 bits per heavy atom. The molecule has 0 heterocycles. The van der Waals surface area contributed by atoms with Crippen LogP contribution in [0.4, 0.5) is 5.69 Å². The van der Waals surface area contributed by atoms with E-state index in [-0.39, 0.29) is 5.97 Å². The summed E-state index contributed by atoms with van der Waals surface area (Å²) < 4.78 is 4.78. The van der Waals surface area contributed by atoms with Crippen LogP contribution >= 0.6 is 0 Å². The molecule has 30 heavy (non-hydrogen) atoms. The third kappa shape index (κ3) is 6.77. The molecular formula is C27H33NO2. The zero-order valence-corrected chi connectivity index (χ0v) is 18.8. The van der Waals surface area contributed by atoms with Gasteiger partial charge >= 0.3 is 5.97 Å². The maximum Gasteiger partial charge on any atom is 0.337 e. The molecule has 0 bridgehead atoms. The summed E-state index contributed by atoms with van der Waals surface area (Å²) in [5.74, 6) is -0.301. The first-order valence-electron chi connectivity index (χ1n) is 10.5. The Balaban J connectivity index is 2.23. The molecule has 0 aromatic heterocycles. The molecule has 0 saturated heterocycles. The molecule has 0 amide bonds. The van der Waals surface area contributed by atoms with Gasteiger partial charge in [0.2, 0.25) is 0 Å². The average molecular weight is 404 g/mol. The molecule has 3 heteroatoms. The second-order valence-electron chi connectivity index (χ2n) is 7.38. The van der Waals surface area contributed by atoms with Crippen LogP contribution in [0.1, 0.15) is 60.7 Å². The van der Waals surface area contributed by atoms with Gasteiger partial charge in [0.25, 0.3) is 0 Å². The number of carbonyl (C=O) groups is 1. The van der Waals surface area contributed by atoms with Crippen molar-refractivity contribution in [3.8, 4) is 0 Å². The second kappa shape index (κ2) is 11.8. The fraction of sp³-hybridized carbons (Fsp3) is 0.296. The van der Waals surface area contributed by atoms with Gasteiger partial charge in [0.05, 0.1) is 12.7 Å². The summed E-state index contributed by atoms with van der Waals surface area (Å²) >= 11 is 0. The van der Waals surface area contributed by atoms with Crippen molar-refractivity contribution in [2.45, 2.75) is 47.0 Å². The minimum absolute atomic E-state index is 0.301. The van der Waals surface area contributed by atoms with E-state index in [2.05, 4.69) is 56.4 Å². The number of hydrogen-bond acceptors (Lipinski definition) is 3. The van der Waals surface area contributed by atoms with Crippen molar-refractivity contribution in [3.05, 3.63) is 94.7 Å². The van der Waals surface area contributed by atoms with Crippen LogP contribution in [0.3, 0.4) is 0 Å². The maximum absolute atomic E-state index is 11.6. The number of allylic oxidation sites excluding steroid dienone is 6. The molecule has 0 atom stereocenters. The van der Waals surface area contributed by atoms with Gasteiger partial charge in [-0.3, -0.25) is 0 Å². The first-order chi connectivity index (χ1) is 14.5. The number of carbonyl (C=O) groups excluding carboxylic acids is 1. The number of hydrogen-bond donors (Lipinski definition) is 1. The monoisotopic (exact) mass is 403 g/mol. The molecule has 0 aliphatic rings. The van der Waals surface area contributed by atoms with Crippen LogP contribution in [0, 0.1) is 6.92 Å². The fourth-order valence-electron chi connectivity index (χ4n) is 3.33. The van der Waals surface area contributed by atoms with Crippen LogP contribution in [0.5, 0.6) is 0 Å². The fourth-order valence-corrected chi connectivity index (χ4v) is 3.33. The Kier molecular flexibility index (Phi) is 9.14. The smallest absolute Gasteiger partial charge is 0.337 e. The molecule has 3 nitrogen and oxygen atoms in total. The molecule has 0 aliphatic heterocycles. The number of methoxy groups -OCH3 is 1. The van der Waals surface area contributed by atoms with Gasteiger partial charge in [-0.1, -0.05) is 49.4 Å². The highest BCUT2D eigenvalue weighted by Crippen LogP contribution is 2.30. The predicted octanol–water partition coefficient (Wildman–Crippen LogP) is 7.10. The van der Waals surface area contributed by atoms with Gasteiger partial charge in [-0.15, -0.1) is 0 Å². The van der Waals surface area contributed by atoms with Crippen molar-refractivity contribution in [2.24, 2.45) is 0 Å². The molecule has 0 spiro atoms. The van der Waals surface area contributed by atoms with Crippen molar-refractivity contribution in [1.29, 1.82) is 0 Å². The van der Waals surface area contributed by atoms with Gasteiger partial charge in [-0.2, -0.15) is 0 Å². The Hall–Kier alpha value is -3.07. The Morgan fingerprint density at radius 1 is 1.13 bits per heavy atom. The molecule has 158 valence electrons. The number of benzene rings is 2. The highest BCUT2D eigenvalue weighted by Gasteiger charge is 2.10. The van der Waals surface area contributed by atoms with Crippen molar-refractivity contribution in [3.63, 3.8) is 0 Å². The molecular weight excluding hydrogens is 370 g/mol. The minimum Gasteiger partial charge on any atom is -0.465 e. The minimum atomic E-state index is -0.301. The molecule has 0 saturated carbocycles. The predicted molar refractivity (Wildman–Crippen MR) is 128 cm³/mol. The number of aryl methyl sites for hydroxylation is 2. The second-order valence-corrected chi connectivity index (χ2v) is 7.38. The third-order valence-electron chi connectivity index (χ3n) is 4.90. The quantitative estimate of drug-likeness (QED) is 0.358. The van der Waals surface area contributed by atoms with E-state index in [4.69, 9.17) is 4.74 Å². The van der Waals surface area contributed by atoms with Crippen molar-refractivity contribution in [1.82, 2.24) is 0 Å². The lowest BCUT2D eigenvalue weighted by molar-refractivity contribution is 0.0600. The zero-order valence-electron chi connectivity index (χ0n) is 18.8. The molecule has 1 N–H and O–H groups in total. The van der Waals surface area contributed by atoms with Gasteiger partial charge in [-0.25, -0.2) is 4.79 Å². The van der Waals surface area contributed by atoms with E-state index in [1.807, 2.05) is 43.3 Å². The molecule has 2 rings (SSSR count). The van der Waals surface area contributed by atoms with E-state index in [1.54, 1.807) is 0 Å². The van der Waals surface area contributed by atoms with Crippen LogP contribution in [0.15, 0.2) is 72.5 Å². The summed E-state index contributed by atoms with van der Waals surface area (Å²) in [6.07, 6.45) is 11.3. The van der Waals surface area contributed by atoms with Gasteiger partial charge < -0.3 is 10.1 Å². The lowest BCUT2D eigenvalue weighted by Crippen LogP contribution is -2.02. The van der Waals surface area contributed by atoms with E-state index >= 15 is 0 Å². The molecule has 0 unspecified atom stereocenters. The Morgan fingerprint density at radius 2 is 1.87 bits per heavy atom. The SMILES string of the molecule is C/C=C\C=C(/C)Nc1cc(C)ccc1/C(=C\CC)CCc1ccc(C(=O)OC)cc1. The summed E-state index contributed by atoms with van der Waals surface area (Å²) in [7, 11) is 1.40. The summed E-state index contributed by atoms with van der Waals surface area (Å²) in [4.78, 5) is 11.6. The molecule has 0 aliphatic carbocycles. The largest absolute Gasteiger partial charge is 0.465 e. The van der Waals surface area contributed by atoms with E-state index < -0.39 is 0 Å². The number of esters is 1. The van der Waals surface area contributed by atoms with Gasteiger partial charge in [-0.05, 0) is 81.0 Å². The first kappa shape index (κ1) is 23.2. The Labute approximate surface area is 181 Å². The van der Waals surface area contributed by atoms with E-state index in [1.165, 1.54) is 29.4 Å². The van der Waals surface area contributed by atoms with Gasteiger partial charge in [0.15, 0.2) is 0 Å². The standard InChI is InChI=1S/C27H33NO2/c1-6-8-10-21(4)28-26-19-20(3)11-18-25(26)23(9-7-2)15-12-22-13-16-24(17-14-22)27(29)30-5/h6,8-11,13-14,16-19,28H,7,12,15H2,1-5H3/b8-6-,21-10+,23-9-. The van der Waals surface area contributed by atoms with Crippen LogP contribution in [-0.2, 0) is 11.2 Å². The highest BCUT2D eigenvalue weighted by atomic mass is 16.5. The molecule has 0 fully saturated rings. The first-order valence-corrected chi connectivity index (χ1v) is 10.5. The van der Waals surface area contributed by atoms with Crippen molar-refractivity contribution in [2.75, 3.05) is 12.4 Å². The Bertz CT molecular complexity index is 934. The van der Waals surface area contributed by atoms with E-state index in [0.717, 1.165) is 30.6 Å². The van der Waals surface area contributed by atoms with Crippen molar-refractivity contribution < 1.29 is 9.53 Å². The number of ether oxygens (including phenoxy) is 1. The van der Waals surface area contributed by atoms with Crippen molar-refractivity contribution >= 4 is 17.2 Å². The van der Waals surface area contributed by atoms with Gasteiger partial charge in [0, 0.05) is 16.9 Å². The van der Waals surface area contributed by atoms with Crippen LogP contribution < -0.4 is 5.32 Å². The van der Waals surface area contributed by atoms with E-state index in [9.17, 15) is 4.79 Å². The normalized spacial score (nSPS) is 12.3.